The topological polar surface area (TPSA) is 100 Å². The Hall–Kier alpha value is -1.67. The maximum atomic E-state index is 12.0. The number of carbonyl (C=O) groups is 1. The molecule has 0 saturated heterocycles. The number of amides is 2. The Labute approximate surface area is 138 Å². The van der Waals surface area contributed by atoms with Crippen molar-refractivity contribution in [2.24, 2.45) is 5.41 Å². The molecule has 2 amide bonds. The van der Waals surface area contributed by atoms with Crippen LogP contribution in [0.5, 0.6) is 0 Å². The normalized spacial score (nSPS) is 13.4. The number of nitrogens with one attached hydrogen (secondary N) is 3. The molecule has 0 spiro atoms. The van der Waals surface area contributed by atoms with Gasteiger partial charge in [-0.1, -0.05) is 26.8 Å². The number of nitrogens with zero attached hydrogens (tertiary/aromatic N) is 1. The van der Waals surface area contributed by atoms with E-state index in [0.717, 1.165) is 18.2 Å². The van der Waals surface area contributed by atoms with Crippen LogP contribution in [0.25, 0.3) is 0 Å². The van der Waals surface area contributed by atoms with Crippen LogP contribution in [0.4, 0.5) is 4.79 Å². The summed E-state index contributed by atoms with van der Waals surface area (Å²) < 4.78 is 24.2. The number of carbonyl (C=O) groups excluding carboxylic acids is 1. The zero-order chi connectivity index (χ0) is 17.5. The minimum absolute atomic E-state index is 0.0334. The average molecular weight is 342 g/mol. The number of pyridine rings is 1. The zero-order valence-corrected chi connectivity index (χ0v) is 14.9. The summed E-state index contributed by atoms with van der Waals surface area (Å²) in [4.78, 5) is 16.1. The highest BCUT2D eigenvalue weighted by Crippen LogP contribution is 2.28. The second-order valence-electron chi connectivity index (χ2n) is 6.67. The average Bonchev–Trinajstić information content (AvgIpc) is 2.41. The Bertz CT molecular complexity index is 597. The van der Waals surface area contributed by atoms with Crippen molar-refractivity contribution < 1.29 is 13.2 Å². The minimum Gasteiger partial charge on any atom is -0.337 e. The fourth-order valence-electron chi connectivity index (χ4n) is 2.07. The van der Waals surface area contributed by atoms with Crippen LogP contribution < -0.4 is 15.4 Å². The summed E-state index contributed by atoms with van der Waals surface area (Å²) in [7, 11) is -3.24. The van der Waals surface area contributed by atoms with Gasteiger partial charge in [-0.3, -0.25) is 4.98 Å². The lowest BCUT2D eigenvalue weighted by molar-refractivity contribution is 0.230. The van der Waals surface area contributed by atoms with E-state index in [1.807, 2.05) is 12.1 Å². The molecule has 1 aromatic rings. The van der Waals surface area contributed by atoms with Gasteiger partial charge in [0.1, 0.15) is 0 Å². The van der Waals surface area contributed by atoms with Gasteiger partial charge in [0.05, 0.1) is 12.3 Å². The SMILES string of the molecule is CC(C)(C)CC(NC(=O)NCCNS(C)(=O)=O)c1cccnc1. The highest BCUT2D eigenvalue weighted by atomic mass is 32.2. The van der Waals surface area contributed by atoms with Crippen LogP contribution in [0.3, 0.4) is 0 Å². The molecule has 1 unspecified atom stereocenters. The van der Waals surface area contributed by atoms with E-state index in [9.17, 15) is 13.2 Å². The Morgan fingerprint density at radius 1 is 1.30 bits per heavy atom. The first kappa shape index (κ1) is 19.4. The molecule has 3 N–H and O–H groups in total. The standard InChI is InChI=1S/C15H26N4O3S/c1-15(2,3)10-13(12-6-5-7-16-11-12)19-14(20)17-8-9-18-23(4,21)22/h5-7,11,13,18H,8-10H2,1-4H3,(H2,17,19,20). The van der Waals surface area contributed by atoms with Crippen LogP contribution in [-0.2, 0) is 10.0 Å². The van der Waals surface area contributed by atoms with E-state index in [-0.39, 0.29) is 30.6 Å². The van der Waals surface area contributed by atoms with Gasteiger partial charge >= 0.3 is 6.03 Å². The Morgan fingerprint density at radius 2 is 2.00 bits per heavy atom. The van der Waals surface area contributed by atoms with Crippen molar-refractivity contribution in [2.45, 2.75) is 33.2 Å². The van der Waals surface area contributed by atoms with Gasteiger partial charge in [0.25, 0.3) is 0 Å². The van der Waals surface area contributed by atoms with Gasteiger partial charge in [-0.15, -0.1) is 0 Å². The van der Waals surface area contributed by atoms with Crippen molar-refractivity contribution in [3.05, 3.63) is 30.1 Å². The molecule has 0 radical (unpaired) electrons. The summed E-state index contributed by atoms with van der Waals surface area (Å²) in [6, 6.07) is 3.26. The van der Waals surface area contributed by atoms with Crippen molar-refractivity contribution in [3.8, 4) is 0 Å². The Morgan fingerprint density at radius 3 is 2.52 bits per heavy atom. The summed E-state index contributed by atoms with van der Waals surface area (Å²) >= 11 is 0. The molecule has 0 aliphatic heterocycles. The van der Waals surface area contributed by atoms with E-state index in [2.05, 4.69) is 41.1 Å². The van der Waals surface area contributed by atoms with Gasteiger partial charge in [0.2, 0.25) is 10.0 Å². The predicted octanol–water partition coefficient (Wildman–Crippen LogP) is 1.41. The number of urea groups is 1. The van der Waals surface area contributed by atoms with Crippen molar-refractivity contribution in [1.29, 1.82) is 0 Å². The smallest absolute Gasteiger partial charge is 0.315 e. The second kappa shape index (κ2) is 8.26. The Balaban J connectivity index is 2.58. The molecule has 0 aromatic carbocycles. The number of rotatable bonds is 7. The number of hydrogen-bond donors (Lipinski definition) is 3. The summed E-state index contributed by atoms with van der Waals surface area (Å²) in [6.07, 6.45) is 5.26. The molecule has 0 aliphatic carbocycles. The van der Waals surface area contributed by atoms with Gasteiger partial charge in [-0.05, 0) is 23.5 Å². The van der Waals surface area contributed by atoms with E-state index in [1.54, 1.807) is 12.4 Å². The summed E-state index contributed by atoms with van der Waals surface area (Å²) in [5.74, 6) is 0. The lowest BCUT2D eigenvalue weighted by Gasteiger charge is -2.27. The molecule has 8 heteroatoms. The van der Waals surface area contributed by atoms with E-state index >= 15 is 0 Å². The molecule has 7 nitrogen and oxygen atoms in total. The number of hydrogen-bond acceptors (Lipinski definition) is 4. The van der Waals surface area contributed by atoms with E-state index < -0.39 is 10.0 Å². The van der Waals surface area contributed by atoms with E-state index in [4.69, 9.17) is 0 Å². The first-order chi connectivity index (χ1) is 10.6. The predicted molar refractivity (Wildman–Crippen MR) is 90.4 cm³/mol. The van der Waals surface area contributed by atoms with Crippen molar-refractivity contribution in [3.63, 3.8) is 0 Å². The third-order valence-electron chi connectivity index (χ3n) is 2.98. The third-order valence-corrected chi connectivity index (χ3v) is 3.71. The molecular formula is C15H26N4O3S. The molecule has 0 bridgehead atoms. The van der Waals surface area contributed by atoms with Crippen LogP contribution >= 0.6 is 0 Å². The molecule has 1 atom stereocenters. The first-order valence-corrected chi connectivity index (χ1v) is 9.35. The maximum absolute atomic E-state index is 12.0. The largest absolute Gasteiger partial charge is 0.337 e. The summed E-state index contributed by atoms with van der Waals surface area (Å²) in [5, 5.41) is 5.56. The molecule has 0 saturated carbocycles. The van der Waals surface area contributed by atoms with E-state index in [0.29, 0.717) is 0 Å². The van der Waals surface area contributed by atoms with Gasteiger partial charge < -0.3 is 10.6 Å². The zero-order valence-electron chi connectivity index (χ0n) is 14.1. The molecule has 1 aromatic heterocycles. The second-order valence-corrected chi connectivity index (χ2v) is 8.50. The maximum Gasteiger partial charge on any atom is 0.315 e. The lowest BCUT2D eigenvalue weighted by Crippen LogP contribution is -2.42. The van der Waals surface area contributed by atoms with Crippen LogP contribution in [0.15, 0.2) is 24.5 Å². The van der Waals surface area contributed by atoms with Crippen LogP contribution in [-0.4, -0.2) is 38.8 Å². The van der Waals surface area contributed by atoms with Gasteiger partial charge in [0, 0.05) is 25.5 Å². The third kappa shape index (κ3) is 9.14. The lowest BCUT2D eigenvalue weighted by atomic mass is 9.86. The molecular weight excluding hydrogens is 316 g/mol. The molecule has 0 aliphatic rings. The first-order valence-electron chi connectivity index (χ1n) is 7.46. The molecule has 130 valence electrons. The van der Waals surface area contributed by atoms with Gasteiger partial charge in [0.15, 0.2) is 0 Å². The monoisotopic (exact) mass is 342 g/mol. The summed E-state index contributed by atoms with van der Waals surface area (Å²) in [5.41, 5.74) is 0.970. The Kier molecular flexibility index (Phi) is 6.96. The fraction of sp³-hybridized carbons (Fsp3) is 0.600. The van der Waals surface area contributed by atoms with E-state index in [1.165, 1.54) is 0 Å². The van der Waals surface area contributed by atoms with Gasteiger partial charge in [-0.2, -0.15) is 0 Å². The van der Waals surface area contributed by atoms with Gasteiger partial charge in [-0.25, -0.2) is 17.9 Å². The summed E-state index contributed by atoms with van der Waals surface area (Å²) in [6.45, 7) is 6.68. The minimum atomic E-state index is -3.24. The molecule has 0 fully saturated rings. The fourth-order valence-corrected chi connectivity index (χ4v) is 2.54. The van der Waals surface area contributed by atoms with Crippen molar-refractivity contribution in [1.82, 2.24) is 20.3 Å². The molecule has 1 heterocycles. The quantitative estimate of drug-likeness (QED) is 0.652. The molecule has 1 rings (SSSR count). The number of aromatic nitrogens is 1. The van der Waals surface area contributed by atoms with Crippen molar-refractivity contribution in [2.75, 3.05) is 19.3 Å². The van der Waals surface area contributed by atoms with Crippen LogP contribution in [0, 0.1) is 5.41 Å². The number of sulfonamides is 1. The van der Waals surface area contributed by atoms with Crippen LogP contribution in [0.1, 0.15) is 38.8 Å². The van der Waals surface area contributed by atoms with Crippen molar-refractivity contribution >= 4 is 16.1 Å². The van der Waals surface area contributed by atoms with Crippen LogP contribution in [0.2, 0.25) is 0 Å². The highest BCUT2D eigenvalue weighted by Gasteiger charge is 2.22. The highest BCUT2D eigenvalue weighted by molar-refractivity contribution is 7.88. The molecule has 23 heavy (non-hydrogen) atoms.